The number of benzene rings is 2. The molecule has 0 amide bonds. The second kappa shape index (κ2) is 14.4. The summed E-state index contributed by atoms with van der Waals surface area (Å²) in [6.07, 6.45) is 1.76. The van der Waals surface area contributed by atoms with E-state index in [-0.39, 0.29) is 29.8 Å². The van der Waals surface area contributed by atoms with Gasteiger partial charge in [0, 0.05) is 32.7 Å². The van der Waals surface area contributed by atoms with Crippen LogP contribution in [-0.2, 0) is 24.2 Å². The summed E-state index contributed by atoms with van der Waals surface area (Å²) in [7, 11) is 0. The van der Waals surface area contributed by atoms with Gasteiger partial charge in [-0.1, -0.05) is 36.4 Å². The minimum Gasteiger partial charge on any atom is -0.379 e. The zero-order valence-corrected chi connectivity index (χ0v) is 20.6. The highest BCUT2D eigenvalue weighted by molar-refractivity contribution is 14.0. The van der Waals surface area contributed by atoms with E-state index in [1.807, 2.05) is 6.07 Å². The molecule has 0 aromatic heterocycles. The lowest BCUT2D eigenvalue weighted by Gasteiger charge is -2.27. The zero-order valence-electron chi connectivity index (χ0n) is 18.3. The Kier molecular flexibility index (Phi) is 11.8. The van der Waals surface area contributed by atoms with Crippen molar-refractivity contribution in [1.29, 1.82) is 0 Å². The van der Waals surface area contributed by atoms with E-state index in [1.54, 1.807) is 12.1 Å². The maximum Gasteiger partial charge on any atom is 0.191 e. The first-order valence-electron chi connectivity index (χ1n) is 10.9. The molecule has 1 aliphatic rings. The topological polar surface area (TPSA) is 48.9 Å². The molecule has 0 aliphatic carbocycles. The fourth-order valence-corrected chi connectivity index (χ4v) is 3.56. The molecule has 2 N–H and O–H groups in total. The lowest BCUT2D eigenvalue weighted by Crippen LogP contribution is -2.38. The third-order valence-corrected chi connectivity index (χ3v) is 5.19. The zero-order chi connectivity index (χ0) is 21.0. The SMILES string of the molecule is CCNC(=NCc1ccccc1CN1CCOCC1)NCCCc1cccc(F)c1.I. The maximum atomic E-state index is 13.3. The van der Waals surface area contributed by atoms with E-state index in [0.29, 0.717) is 6.54 Å². The van der Waals surface area contributed by atoms with E-state index in [1.165, 1.54) is 17.2 Å². The fraction of sp³-hybridized carbons (Fsp3) is 0.458. The van der Waals surface area contributed by atoms with Crippen molar-refractivity contribution in [2.45, 2.75) is 32.9 Å². The Morgan fingerprint density at radius 2 is 1.84 bits per heavy atom. The Balaban J connectivity index is 0.00000341. The summed E-state index contributed by atoms with van der Waals surface area (Å²) in [5.41, 5.74) is 3.60. The smallest absolute Gasteiger partial charge is 0.191 e. The monoisotopic (exact) mass is 540 g/mol. The molecule has 5 nitrogen and oxygen atoms in total. The van der Waals surface area contributed by atoms with Gasteiger partial charge >= 0.3 is 0 Å². The van der Waals surface area contributed by atoms with Crippen LogP contribution in [-0.4, -0.2) is 50.3 Å². The molecule has 3 rings (SSSR count). The summed E-state index contributed by atoms with van der Waals surface area (Å²) >= 11 is 0. The van der Waals surface area contributed by atoms with Crippen LogP contribution in [0, 0.1) is 5.82 Å². The van der Waals surface area contributed by atoms with Crippen LogP contribution in [0.15, 0.2) is 53.5 Å². The number of hydrogen-bond donors (Lipinski definition) is 2. The highest BCUT2D eigenvalue weighted by Crippen LogP contribution is 2.14. The van der Waals surface area contributed by atoms with Gasteiger partial charge in [0.05, 0.1) is 19.8 Å². The number of morpholine rings is 1. The summed E-state index contributed by atoms with van der Waals surface area (Å²) < 4.78 is 18.7. The molecule has 0 saturated carbocycles. The van der Waals surface area contributed by atoms with Crippen LogP contribution in [0.3, 0.4) is 0 Å². The lowest BCUT2D eigenvalue weighted by molar-refractivity contribution is 0.0341. The van der Waals surface area contributed by atoms with Crippen molar-refractivity contribution in [3.63, 3.8) is 0 Å². The van der Waals surface area contributed by atoms with Crippen LogP contribution in [0.25, 0.3) is 0 Å². The average molecular weight is 540 g/mol. The van der Waals surface area contributed by atoms with Gasteiger partial charge in [0.25, 0.3) is 0 Å². The molecule has 1 aliphatic heterocycles. The predicted molar refractivity (Wildman–Crippen MR) is 135 cm³/mol. The summed E-state index contributed by atoms with van der Waals surface area (Å²) in [6, 6.07) is 15.3. The van der Waals surface area contributed by atoms with Crippen LogP contribution in [0.5, 0.6) is 0 Å². The highest BCUT2D eigenvalue weighted by Gasteiger charge is 2.12. The van der Waals surface area contributed by atoms with Gasteiger partial charge in [0.1, 0.15) is 5.82 Å². The summed E-state index contributed by atoms with van der Waals surface area (Å²) in [4.78, 5) is 7.22. The van der Waals surface area contributed by atoms with E-state index < -0.39 is 0 Å². The van der Waals surface area contributed by atoms with Gasteiger partial charge in [-0.3, -0.25) is 4.90 Å². The van der Waals surface area contributed by atoms with E-state index >= 15 is 0 Å². The molecule has 0 unspecified atom stereocenters. The minimum atomic E-state index is -0.175. The van der Waals surface area contributed by atoms with Crippen molar-refractivity contribution in [1.82, 2.24) is 15.5 Å². The Bertz CT molecular complexity index is 812. The largest absolute Gasteiger partial charge is 0.379 e. The van der Waals surface area contributed by atoms with Crippen LogP contribution in [0.2, 0.25) is 0 Å². The molecule has 1 heterocycles. The number of aryl methyl sites for hydroxylation is 1. The highest BCUT2D eigenvalue weighted by atomic mass is 127. The predicted octanol–water partition coefficient (Wildman–Crippen LogP) is 3.96. The molecule has 0 atom stereocenters. The molecule has 0 spiro atoms. The summed E-state index contributed by atoms with van der Waals surface area (Å²) in [6.45, 7) is 8.82. The van der Waals surface area contributed by atoms with Crippen LogP contribution in [0.4, 0.5) is 4.39 Å². The molecular weight excluding hydrogens is 506 g/mol. The number of nitrogens with zero attached hydrogens (tertiary/aromatic N) is 2. The first-order chi connectivity index (χ1) is 14.7. The number of aliphatic imine (C=N–C) groups is 1. The van der Waals surface area contributed by atoms with Gasteiger partial charge in [-0.25, -0.2) is 9.38 Å². The molecule has 0 radical (unpaired) electrons. The Morgan fingerprint density at radius 3 is 2.58 bits per heavy atom. The van der Waals surface area contributed by atoms with Crippen molar-refractivity contribution in [3.8, 4) is 0 Å². The quantitative estimate of drug-likeness (QED) is 0.219. The lowest BCUT2D eigenvalue weighted by atomic mass is 10.1. The van der Waals surface area contributed by atoms with Crippen molar-refractivity contribution < 1.29 is 9.13 Å². The van der Waals surface area contributed by atoms with Gasteiger partial charge in [0.2, 0.25) is 0 Å². The van der Waals surface area contributed by atoms with Crippen molar-refractivity contribution in [2.24, 2.45) is 4.99 Å². The Hall–Kier alpha value is -1.71. The summed E-state index contributed by atoms with van der Waals surface area (Å²) in [5.74, 6) is 0.643. The molecule has 1 saturated heterocycles. The number of ether oxygens (including phenoxy) is 1. The van der Waals surface area contributed by atoms with E-state index in [9.17, 15) is 4.39 Å². The number of halogens is 2. The third-order valence-electron chi connectivity index (χ3n) is 5.19. The molecule has 1 fully saturated rings. The van der Waals surface area contributed by atoms with E-state index in [2.05, 4.69) is 46.7 Å². The molecule has 170 valence electrons. The number of hydrogen-bond acceptors (Lipinski definition) is 3. The standard InChI is InChI=1S/C24H33FN4O.HI/c1-2-26-24(27-12-6-8-20-7-5-11-23(25)17-20)28-18-21-9-3-4-10-22(21)19-29-13-15-30-16-14-29;/h3-5,7,9-11,17H,2,6,8,12-16,18-19H2,1H3,(H2,26,27,28);1H. The molecule has 2 aromatic rings. The van der Waals surface area contributed by atoms with E-state index in [0.717, 1.165) is 70.3 Å². The fourth-order valence-electron chi connectivity index (χ4n) is 3.56. The normalized spacial score (nSPS) is 14.7. The van der Waals surface area contributed by atoms with Gasteiger partial charge in [-0.15, -0.1) is 24.0 Å². The molecule has 0 bridgehead atoms. The van der Waals surface area contributed by atoms with Crippen LogP contribution in [0.1, 0.15) is 30.0 Å². The molecule has 2 aromatic carbocycles. The van der Waals surface area contributed by atoms with Crippen LogP contribution >= 0.6 is 24.0 Å². The Morgan fingerprint density at radius 1 is 1.06 bits per heavy atom. The summed E-state index contributed by atoms with van der Waals surface area (Å²) in [5, 5.41) is 6.71. The number of guanidine groups is 1. The number of rotatable bonds is 9. The van der Waals surface area contributed by atoms with Gasteiger partial charge < -0.3 is 15.4 Å². The van der Waals surface area contributed by atoms with Crippen LogP contribution < -0.4 is 10.6 Å². The Labute approximate surface area is 202 Å². The first-order valence-corrected chi connectivity index (χ1v) is 10.9. The van der Waals surface area contributed by atoms with Crippen molar-refractivity contribution in [2.75, 3.05) is 39.4 Å². The number of nitrogens with one attached hydrogen (secondary N) is 2. The van der Waals surface area contributed by atoms with E-state index in [4.69, 9.17) is 9.73 Å². The maximum absolute atomic E-state index is 13.3. The average Bonchev–Trinajstić information content (AvgIpc) is 2.76. The minimum absolute atomic E-state index is 0. The van der Waals surface area contributed by atoms with Gasteiger partial charge in [0.15, 0.2) is 5.96 Å². The third kappa shape index (κ3) is 9.13. The molecule has 7 heteroatoms. The second-order valence-corrected chi connectivity index (χ2v) is 7.51. The van der Waals surface area contributed by atoms with Gasteiger partial charge in [-0.05, 0) is 48.6 Å². The molecule has 31 heavy (non-hydrogen) atoms. The van der Waals surface area contributed by atoms with Gasteiger partial charge in [-0.2, -0.15) is 0 Å². The first kappa shape index (κ1) is 25.5. The second-order valence-electron chi connectivity index (χ2n) is 7.51. The van der Waals surface area contributed by atoms with Crippen molar-refractivity contribution in [3.05, 3.63) is 71.0 Å². The van der Waals surface area contributed by atoms with Crippen molar-refractivity contribution >= 4 is 29.9 Å². The molecular formula is C24H34FIN4O.